The van der Waals surface area contributed by atoms with Gasteiger partial charge in [-0.1, -0.05) is 194 Å². The molecule has 0 bridgehead atoms. The highest BCUT2D eigenvalue weighted by molar-refractivity contribution is 5.74. The molecule has 1 rings (SSSR count). The lowest BCUT2D eigenvalue weighted by molar-refractivity contribution is -0.301. The smallest absolute Gasteiger partial charge is 0.335 e. The highest BCUT2D eigenvalue weighted by Gasteiger charge is 2.50. The molecule has 434 valence electrons. The van der Waals surface area contributed by atoms with Crippen molar-refractivity contribution in [1.29, 1.82) is 0 Å². The molecule has 12 heteroatoms. The molecule has 1 fully saturated rings. The minimum atomic E-state index is -1.92. The number of carboxylic acid groups (broad SMARTS) is 1. The predicted molar refractivity (Wildman–Crippen MR) is 312 cm³/mol. The summed E-state index contributed by atoms with van der Waals surface area (Å²) in [5, 5.41) is 31.5. The van der Waals surface area contributed by atoms with Gasteiger partial charge in [-0.2, -0.15) is 0 Å². The number of esters is 3. The maximum atomic E-state index is 13.1. The van der Waals surface area contributed by atoms with Gasteiger partial charge in [0.2, 0.25) is 0 Å². The van der Waals surface area contributed by atoms with Gasteiger partial charge in [0, 0.05) is 19.3 Å². The minimum Gasteiger partial charge on any atom is -0.479 e. The van der Waals surface area contributed by atoms with E-state index >= 15 is 0 Å². The van der Waals surface area contributed by atoms with Gasteiger partial charge in [-0.15, -0.1) is 0 Å². The lowest BCUT2D eigenvalue weighted by Crippen LogP contribution is -2.61. The van der Waals surface area contributed by atoms with E-state index in [4.69, 9.17) is 23.7 Å². The SMILES string of the molecule is CC/C=C\C/C=C\C/C=C\C/C=C\CCCCCCC(=O)OCC(COC1OC(C(=O)O)C(O)C(O)C1OC(=O)CCCCCC/C=C\C/C=C\C/C=C\C/C=C\CC)OC(=O)CCCCCCC/C=C\C/C=C\CCC. The maximum Gasteiger partial charge on any atom is 0.335 e. The van der Waals surface area contributed by atoms with Crippen molar-refractivity contribution < 1.29 is 58.2 Å². The van der Waals surface area contributed by atoms with Gasteiger partial charge in [-0.25, -0.2) is 4.79 Å². The fraction of sp³-hybridized carbons (Fsp3) is 0.631. The molecule has 0 aromatic carbocycles. The van der Waals surface area contributed by atoms with Crippen LogP contribution in [-0.2, 0) is 42.9 Å². The predicted octanol–water partition coefficient (Wildman–Crippen LogP) is 15.2. The van der Waals surface area contributed by atoms with Crippen molar-refractivity contribution in [2.24, 2.45) is 0 Å². The molecule has 77 heavy (non-hydrogen) atoms. The molecular weight excluding hydrogens is 973 g/mol. The summed E-state index contributed by atoms with van der Waals surface area (Å²) >= 11 is 0. The van der Waals surface area contributed by atoms with Crippen LogP contribution in [0.25, 0.3) is 0 Å². The maximum absolute atomic E-state index is 13.1. The zero-order valence-electron chi connectivity index (χ0n) is 47.7. The second kappa shape index (κ2) is 51.9. The first-order chi connectivity index (χ1) is 37.6. The van der Waals surface area contributed by atoms with Crippen molar-refractivity contribution in [3.8, 4) is 0 Å². The van der Waals surface area contributed by atoms with E-state index in [0.29, 0.717) is 19.3 Å². The van der Waals surface area contributed by atoms with E-state index in [1.54, 1.807) is 0 Å². The molecule has 1 aliphatic heterocycles. The van der Waals surface area contributed by atoms with Crippen molar-refractivity contribution in [2.75, 3.05) is 13.2 Å². The van der Waals surface area contributed by atoms with Gasteiger partial charge >= 0.3 is 23.9 Å². The number of allylic oxidation sites excluding steroid dienone is 20. The third-order valence-electron chi connectivity index (χ3n) is 12.5. The number of hydrogen-bond donors (Lipinski definition) is 3. The van der Waals surface area contributed by atoms with Crippen LogP contribution in [0.2, 0.25) is 0 Å². The van der Waals surface area contributed by atoms with E-state index in [2.05, 4.69) is 142 Å². The second-order valence-corrected chi connectivity index (χ2v) is 19.5. The van der Waals surface area contributed by atoms with Crippen LogP contribution >= 0.6 is 0 Å². The van der Waals surface area contributed by atoms with Crippen LogP contribution in [0.3, 0.4) is 0 Å². The van der Waals surface area contributed by atoms with E-state index < -0.39 is 67.3 Å². The standard InChI is InChI=1S/C65H102O12/c1-4-7-10-13-16-19-22-25-27-29-31-34-36-39-42-45-48-51-57(66)73-54-56(75-58(67)52-49-46-43-40-37-33-24-21-18-15-12-9-6-3)55-74-65-63(61(70)60(69)62(77-65)64(71)72)76-59(68)53-50-47-44-41-38-35-32-30-28-26-23-20-17-14-11-8-5-2/h7-8,10-12,15-17,19-21,24-28,31-32,34-35,56,60-63,65,69-70H,4-6,9,13-14,18,22-23,29-30,33,36-55H2,1-3H3,(H,71,72)/b10-7-,11-8-,15-12-,19-16-,20-17-,24-21-,27-25-,28-26-,34-31-,35-32-. The average Bonchev–Trinajstić information content (AvgIpc) is 3.42. The molecule has 0 spiro atoms. The quantitative estimate of drug-likeness (QED) is 0.0228. The van der Waals surface area contributed by atoms with Gasteiger partial charge < -0.3 is 39.0 Å². The van der Waals surface area contributed by atoms with Gasteiger partial charge in [0.1, 0.15) is 18.8 Å². The Kier molecular flexibility index (Phi) is 47.2. The number of aliphatic carboxylic acids is 1. The van der Waals surface area contributed by atoms with Crippen LogP contribution < -0.4 is 0 Å². The van der Waals surface area contributed by atoms with Gasteiger partial charge in [0.05, 0.1) is 6.61 Å². The number of carbonyl (C=O) groups is 4. The number of carboxylic acids is 1. The Morgan fingerprint density at radius 2 is 0.818 bits per heavy atom. The van der Waals surface area contributed by atoms with E-state index in [9.17, 15) is 34.5 Å². The van der Waals surface area contributed by atoms with Gasteiger partial charge in [0.25, 0.3) is 0 Å². The fourth-order valence-corrected chi connectivity index (χ4v) is 8.03. The first kappa shape index (κ1) is 70.1. The summed E-state index contributed by atoms with van der Waals surface area (Å²) in [6, 6.07) is 0. The summed E-state index contributed by atoms with van der Waals surface area (Å²) in [7, 11) is 0. The van der Waals surface area contributed by atoms with Gasteiger partial charge in [-0.05, 0) is 122 Å². The number of rotatable bonds is 48. The van der Waals surface area contributed by atoms with E-state index in [1.807, 2.05) is 0 Å². The number of aliphatic hydroxyl groups is 2. The molecule has 0 aliphatic carbocycles. The molecule has 1 saturated heterocycles. The van der Waals surface area contributed by atoms with Crippen LogP contribution in [0.5, 0.6) is 0 Å². The molecule has 0 amide bonds. The summed E-state index contributed by atoms with van der Waals surface area (Å²) < 4.78 is 28.4. The number of unbranched alkanes of at least 4 members (excludes halogenated alkanes) is 14. The van der Waals surface area contributed by atoms with Gasteiger partial charge in [-0.3, -0.25) is 14.4 Å². The van der Waals surface area contributed by atoms with Crippen molar-refractivity contribution in [3.05, 3.63) is 122 Å². The zero-order valence-corrected chi connectivity index (χ0v) is 47.7. The minimum absolute atomic E-state index is 0.0217. The van der Waals surface area contributed by atoms with Crippen molar-refractivity contribution >= 4 is 23.9 Å². The summed E-state index contributed by atoms with van der Waals surface area (Å²) in [6.45, 7) is 5.64. The third kappa shape index (κ3) is 41.8. The van der Waals surface area contributed by atoms with Crippen LogP contribution in [0, 0.1) is 0 Å². The molecule has 6 atom stereocenters. The molecule has 3 N–H and O–H groups in total. The Balaban J connectivity index is 2.73. The monoisotopic (exact) mass is 1070 g/mol. The zero-order chi connectivity index (χ0) is 56.1. The summed E-state index contributed by atoms with van der Waals surface area (Å²) in [5.74, 6) is -3.22. The Bertz CT molecular complexity index is 1800. The van der Waals surface area contributed by atoms with Gasteiger partial charge in [0.15, 0.2) is 24.6 Å². The van der Waals surface area contributed by atoms with E-state index in [1.165, 1.54) is 0 Å². The van der Waals surface area contributed by atoms with E-state index in [-0.39, 0.29) is 25.9 Å². The number of ether oxygens (including phenoxy) is 5. The summed E-state index contributed by atoms with van der Waals surface area (Å²) in [4.78, 5) is 51.1. The van der Waals surface area contributed by atoms with Crippen molar-refractivity contribution in [2.45, 2.75) is 250 Å². The van der Waals surface area contributed by atoms with Crippen LogP contribution in [0.15, 0.2) is 122 Å². The first-order valence-corrected chi connectivity index (χ1v) is 29.5. The Morgan fingerprint density at radius 3 is 1.25 bits per heavy atom. The summed E-state index contributed by atoms with van der Waals surface area (Å²) in [6.07, 6.45) is 58.8. The molecular formula is C65H102O12. The normalized spacial score (nSPS) is 18.9. The average molecular weight is 1080 g/mol. The van der Waals surface area contributed by atoms with E-state index in [0.717, 1.165) is 154 Å². The van der Waals surface area contributed by atoms with Crippen molar-refractivity contribution in [3.63, 3.8) is 0 Å². The molecule has 6 unspecified atom stereocenters. The van der Waals surface area contributed by atoms with Crippen LogP contribution in [0.4, 0.5) is 0 Å². The Morgan fingerprint density at radius 1 is 0.442 bits per heavy atom. The lowest BCUT2D eigenvalue weighted by Gasteiger charge is -2.40. The highest BCUT2D eigenvalue weighted by Crippen LogP contribution is 2.26. The molecule has 0 aromatic heterocycles. The molecule has 12 nitrogen and oxygen atoms in total. The van der Waals surface area contributed by atoms with Crippen LogP contribution in [-0.4, -0.2) is 89.2 Å². The second-order valence-electron chi connectivity index (χ2n) is 19.5. The summed E-state index contributed by atoms with van der Waals surface area (Å²) in [5.41, 5.74) is 0. The number of hydrogen-bond acceptors (Lipinski definition) is 11. The first-order valence-electron chi connectivity index (χ1n) is 29.5. The molecule has 1 aliphatic rings. The molecule has 1 heterocycles. The Labute approximate surface area is 465 Å². The topological polar surface area (TPSA) is 175 Å². The Hall–Kier alpha value is -4.88. The molecule has 0 saturated carbocycles. The highest BCUT2D eigenvalue weighted by atomic mass is 16.7. The molecule has 0 radical (unpaired) electrons. The molecule has 0 aromatic rings. The van der Waals surface area contributed by atoms with Crippen molar-refractivity contribution in [1.82, 2.24) is 0 Å². The third-order valence-corrected chi connectivity index (χ3v) is 12.5. The fourth-order valence-electron chi connectivity index (χ4n) is 8.03. The number of carbonyl (C=O) groups excluding carboxylic acids is 3. The lowest BCUT2D eigenvalue weighted by atomic mass is 9.98. The largest absolute Gasteiger partial charge is 0.479 e. The number of aliphatic hydroxyl groups excluding tert-OH is 2. The van der Waals surface area contributed by atoms with Crippen LogP contribution in [0.1, 0.15) is 213 Å².